The Labute approximate surface area is 58.6 Å². The zero-order valence-corrected chi connectivity index (χ0v) is 5.74. The highest BCUT2D eigenvalue weighted by Gasteiger charge is 1.93. The first-order valence-corrected chi connectivity index (χ1v) is 3.51. The molecule has 1 aromatic rings. The molecule has 0 spiro atoms. The van der Waals surface area contributed by atoms with Gasteiger partial charge in [0.1, 0.15) is 0 Å². The average Bonchev–Trinajstić information content (AvgIpc) is 2.34. The summed E-state index contributed by atoms with van der Waals surface area (Å²) in [5.74, 6) is 0. The second-order valence-corrected chi connectivity index (χ2v) is 2.66. The maximum atomic E-state index is 8.38. The summed E-state index contributed by atoms with van der Waals surface area (Å²) in [7, 11) is 0. The number of rotatable bonds is 1. The Morgan fingerprint density at radius 3 is 2.89 bits per heavy atom. The van der Waals surface area contributed by atoms with Crippen molar-refractivity contribution in [3.05, 3.63) is 28.8 Å². The van der Waals surface area contributed by atoms with Crippen molar-refractivity contribution >= 4 is 11.3 Å². The first kappa shape index (κ1) is 6.31. The van der Waals surface area contributed by atoms with Crippen LogP contribution in [-0.2, 0) is 6.42 Å². The summed E-state index contributed by atoms with van der Waals surface area (Å²) in [5, 5.41) is 10.2. The number of nitriles is 1. The molecule has 0 aromatic carbocycles. The van der Waals surface area contributed by atoms with Crippen molar-refractivity contribution in [3.8, 4) is 6.07 Å². The molecule has 0 bridgehead atoms. The molecule has 0 saturated carbocycles. The lowest BCUT2D eigenvalue weighted by Gasteiger charge is -1.79. The lowest BCUT2D eigenvalue weighted by atomic mass is 10.3. The molecule has 2 heteroatoms. The summed E-state index contributed by atoms with van der Waals surface area (Å²) in [6.07, 6.45) is 0.784. The van der Waals surface area contributed by atoms with Gasteiger partial charge in [-0.1, -0.05) is 0 Å². The smallest absolute Gasteiger partial charge is 0.1000 e. The molecule has 1 nitrogen and oxygen atoms in total. The second kappa shape index (κ2) is 2.65. The lowest BCUT2D eigenvalue weighted by molar-refractivity contribution is 1.34. The quantitative estimate of drug-likeness (QED) is 0.579. The zero-order chi connectivity index (χ0) is 6.69. The molecule has 45 valence electrons. The van der Waals surface area contributed by atoms with Crippen LogP contribution < -0.4 is 0 Å². The number of thiophene rings is 1. The third-order valence-electron chi connectivity index (χ3n) is 1.03. The van der Waals surface area contributed by atoms with Gasteiger partial charge in [-0.25, -0.2) is 0 Å². The van der Waals surface area contributed by atoms with E-state index in [-0.39, 0.29) is 0 Å². The summed E-state index contributed by atoms with van der Waals surface area (Å²) in [5.41, 5.74) is 0.749. The second-order valence-electron chi connectivity index (χ2n) is 1.66. The fourth-order valence-electron chi connectivity index (χ4n) is 0.570. The van der Waals surface area contributed by atoms with Gasteiger partial charge in [0, 0.05) is 10.3 Å². The molecule has 0 aliphatic rings. The molecule has 0 saturated heterocycles. The minimum atomic E-state index is 0.749. The number of hydrogen-bond donors (Lipinski definition) is 0. The van der Waals surface area contributed by atoms with Gasteiger partial charge in [-0.3, -0.25) is 0 Å². The summed E-state index contributed by atoms with van der Waals surface area (Å²) in [6, 6.07) is 3.94. The summed E-state index contributed by atoms with van der Waals surface area (Å²) in [6.45, 7) is 3.70. The normalized spacial score (nSPS) is 8.89. The first-order valence-electron chi connectivity index (χ1n) is 2.63. The lowest BCUT2D eigenvalue weighted by Crippen LogP contribution is -1.67. The number of hydrogen-bond acceptors (Lipinski definition) is 2. The molecule has 0 N–H and O–H groups in total. The van der Waals surface area contributed by atoms with Gasteiger partial charge in [-0.15, -0.1) is 11.3 Å². The van der Waals surface area contributed by atoms with E-state index in [0.717, 1.165) is 12.0 Å². The van der Waals surface area contributed by atoms with Gasteiger partial charge in [0.15, 0.2) is 0 Å². The van der Waals surface area contributed by atoms with Crippen LogP contribution in [0.2, 0.25) is 0 Å². The van der Waals surface area contributed by atoms with Crippen LogP contribution in [0.15, 0.2) is 11.4 Å². The molecule has 1 aromatic heterocycles. The highest BCUT2D eigenvalue weighted by atomic mass is 32.1. The Morgan fingerprint density at radius 2 is 2.56 bits per heavy atom. The van der Waals surface area contributed by atoms with E-state index >= 15 is 0 Å². The van der Waals surface area contributed by atoms with Crippen molar-refractivity contribution in [2.45, 2.75) is 6.42 Å². The summed E-state index contributed by atoms with van der Waals surface area (Å²) >= 11 is 1.59. The highest BCUT2D eigenvalue weighted by Crippen LogP contribution is 2.13. The third-order valence-corrected chi connectivity index (χ3v) is 2.03. The molecule has 0 aliphatic heterocycles. The van der Waals surface area contributed by atoms with Gasteiger partial charge >= 0.3 is 0 Å². The SMILES string of the molecule is [CH2]Cc1cc(C#N)cs1. The van der Waals surface area contributed by atoms with Crippen LogP contribution in [0, 0.1) is 18.3 Å². The van der Waals surface area contributed by atoms with Crippen molar-refractivity contribution in [2.75, 3.05) is 0 Å². The van der Waals surface area contributed by atoms with Crippen molar-refractivity contribution in [3.63, 3.8) is 0 Å². The zero-order valence-electron chi connectivity index (χ0n) is 4.92. The highest BCUT2D eigenvalue weighted by molar-refractivity contribution is 7.10. The van der Waals surface area contributed by atoms with E-state index in [1.807, 2.05) is 11.4 Å². The minimum absolute atomic E-state index is 0.749. The van der Waals surface area contributed by atoms with Gasteiger partial charge < -0.3 is 0 Å². The minimum Gasteiger partial charge on any atom is -0.192 e. The predicted molar refractivity (Wildman–Crippen MR) is 38.1 cm³/mol. The monoisotopic (exact) mass is 136 g/mol. The van der Waals surface area contributed by atoms with Crippen LogP contribution in [0.25, 0.3) is 0 Å². The van der Waals surface area contributed by atoms with E-state index in [1.165, 1.54) is 4.88 Å². The van der Waals surface area contributed by atoms with Crippen molar-refractivity contribution < 1.29 is 0 Å². The average molecular weight is 136 g/mol. The maximum Gasteiger partial charge on any atom is 0.1000 e. The van der Waals surface area contributed by atoms with E-state index in [9.17, 15) is 0 Å². The van der Waals surface area contributed by atoms with Gasteiger partial charge in [-0.2, -0.15) is 5.26 Å². The molecular weight excluding hydrogens is 130 g/mol. The molecule has 1 rings (SSSR count). The number of nitrogens with zero attached hydrogens (tertiary/aromatic N) is 1. The van der Waals surface area contributed by atoms with Crippen molar-refractivity contribution in [1.29, 1.82) is 5.26 Å². The third kappa shape index (κ3) is 1.30. The van der Waals surface area contributed by atoms with Gasteiger partial charge in [0.05, 0.1) is 11.6 Å². The van der Waals surface area contributed by atoms with E-state index in [4.69, 9.17) is 5.26 Å². The topological polar surface area (TPSA) is 23.8 Å². The van der Waals surface area contributed by atoms with Gasteiger partial charge in [0.2, 0.25) is 0 Å². The summed E-state index contributed by atoms with van der Waals surface area (Å²) < 4.78 is 0. The largest absolute Gasteiger partial charge is 0.192 e. The fraction of sp³-hybridized carbons (Fsp3) is 0.143. The Hall–Kier alpha value is -0.810. The van der Waals surface area contributed by atoms with Crippen LogP contribution in [0.4, 0.5) is 0 Å². The molecule has 9 heavy (non-hydrogen) atoms. The molecule has 0 amide bonds. The fourth-order valence-corrected chi connectivity index (χ4v) is 1.28. The Bertz CT molecular complexity index is 231. The molecule has 0 atom stereocenters. The van der Waals surface area contributed by atoms with E-state index < -0.39 is 0 Å². The Balaban J connectivity index is 2.90. The maximum absolute atomic E-state index is 8.38. The molecule has 1 heterocycles. The van der Waals surface area contributed by atoms with E-state index in [1.54, 1.807) is 11.3 Å². The molecule has 0 aliphatic carbocycles. The van der Waals surface area contributed by atoms with Crippen molar-refractivity contribution in [2.24, 2.45) is 0 Å². The Kier molecular flexibility index (Phi) is 1.86. The molecular formula is C7H6NS. The van der Waals surface area contributed by atoms with Gasteiger partial charge in [-0.05, 0) is 19.4 Å². The van der Waals surface area contributed by atoms with Crippen LogP contribution in [-0.4, -0.2) is 0 Å². The van der Waals surface area contributed by atoms with Gasteiger partial charge in [0.25, 0.3) is 0 Å². The van der Waals surface area contributed by atoms with E-state index in [2.05, 4.69) is 13.0 Å². The molecule has 0 unspecified atom stereocenters. The predicted octanol–water partition coefficient (Wildman–Crippen LogP) is 2.00. The first-order chi connectivity index (χ1) is 4.36. The molecule has 0 fully saturated rings. The van der Waals surface area contributed by atoms with Crippen molar-refractivity contribution in [1.82, 2.24) is 0 Å². The molecule has 1 radical (unpaired) electrons. The van der Waals surface area contributed by atoms with Crippen LogP contribution in [0.5, 0.6) is 0 Å². The summed E-state index contributed by atoms with van der Waals surface area (Å²) in [4.78, 5) is 1.17. The van der Waals surface area contributed by atoms with Crippen LogP contribution >= 0.6 is 11.3 Å². The Morgan fingerprint density at radius 1 is 1.78 bits per heavy atom. The standard InChI is InChI=1S/C7H6NS/c1-2-7-3-6(4-8)5-9-7/h3,5H,1-2H2. The van der Waals surface area contributed by atoms with Crippen LogP contribution in [0.3, 0.4) is 0 Å². The van der Waals surface area contributed by atoms with Crippen LogP contribution in [0.1, 0.15) is 10.4 Å². The van der Waals surface area contributed by atoms with E-state index in [0.29, 0.717) is 0 Å².